The van der Waals surface area contributed by atoms with Gasteiger partial charge in [-0.15, -0.1) is 0 Å². The third-order valence-electron chi connectivity index (χ3n) is 1.71. The maximum Gasteiger partial charge on any atom is 0.252 e. The standard InChI is InChI=1S/C9H10BrNO2/c1-5-3-6(10)4-7(9(11)12)8(5)13-2/h3-4H,1-2H3,(H2,11,12). The first-order chi connectivity index (χ1) is 6.06. The summed E-state index contributed by atoms with van der Waals surface area (Å²) in [6.07, 6.45) is 0. The van der Waals surface area contributed by atoms with E-state index in [-0.39, 0.29) is 0 Å². The molecule has 1 amide bonds. The van der Waals surface area contributed by atoms with Crippen LogP contribution in [0.5, 0.6) is 5.75 Å². The second-order valence-electron chi connectivity index (χ2n) is 2.67. The van der Waals surface area contributed by atoms with Crippen molar-refractivity contribution in [1.82, 2.24) is 0 Å². The van der Waals surface area contributed by atoms with Crippen molar-refractivity contribution in [2.45, 2.75) is 6.92 Å². The second kappa shape index (κ2) is 3.79. The van der Waals surface area contributed by atoms with Crippen LogP contribution in [0.3, 0.4) is 0 Å². The van der Waals surface area contributed by atoms with Crippen molar-refractivity contribution in [1.29, 1.82) is 0 Å². The highest BCUT2D eigenvalue weighted by Crippen LogP contribution is 2.27. The van der Waals surface area contributed by atoms with Gasteiger partial charge in [0.05, 0.1) is 12.7 Å². The van der Waals surface area contributed by atoms with Gasteiger partial charge in [-0.1, -0.05) is 15.9 Å². The predicted molar refractivity (Wildman–Crippen MR) is 53.9 cm³/mol. The minimum Gasteiger partial charge on any atom is -0.496 e. The molecule has 13 heavy (non-hydrogen) atoms. The number of nitrogens with two attached hydrogens (primary N) is 1. The van der Waals surface area contributed by atoms with Gasteiger partial charge in [0.2, 0.25) is 0 Å². The summed E-state index contributed by atoms with van der Waals surface area (Å²) >= 11 is 3.28. The summed E-state index contributed by atoms with van der Waals surface area (Å²) in [4.78, 5) is 11.0. The fraction of sp³-hybridized carbons (Fsp3) is 0.222. The summed E-state index contributed by atoms with van der Waals surface area (Å²) in [7, 11) is 1.52. The maximum atomic E-state index is 11.0. The maximum absolute atomic E-state index is 11.0. The lowest BCUT2D eigenvalue weighted by atomic mass is 10.1. The molecular formula is C9H10BrNO2. The van der Waals surface area contributed by atoms with Crippen molar-refractivity contribution in [3.8, 4) is 5.75 Å². The number of benzene rings is 1. The van der Waals surface area contributed by atoms with Gasteiger partial charge in [-0.05, 0) is 24.6 Å². The smallest absolute Gasteiger partial charge is 0.252 e. The third kappa shape index (κ3) is 2.01. The largest absolute Gasteiger partial charge is 0.496 e. The molecule has 0 aliphatic heterocycles. The topological polar surface area (TPSA) is 52.3 Å². The Hall–Kier alpha value is -1.03. The van der Waals surface area contributed by atoms with E-state index in [0.29, 0.717) is 11.3 Å². The van der Waals surface area contributed by atoms with Crippen LogP contribution in [0.4, 0.5) is 0 Å². The SMILES string of the molecule is COc1c(C)cc(Br)cc1C(N)=O. The monoisotopic (exact) mass is 243 g/mol. The Morgan fingerprint density at radius 1 is 1.54 bits per heavy atom. The van der Waals surface area contributed by atoms with Crippen molar-refractivity contribution in [3.05, 3.63) is 27.7 Å². The third-order valence-corrected chi connectivity index (χ3v) is 2.17. The first-order valence-electron chi connectivity index (χ1n) is 3.70. The molecule has 0 spiro atoms. The molecule has 0 saturated carbocycles. The van der Waals surface area contributed by atoms with Crippen molar-refractivity contribution < 1.29 is 9.53 Å². The number of hydrogen-bond acceptors (Lipinski definition) is 2. The molecule has 0 atom stereocenters. The fourth-order valence-electron chi connectivity index (χ4n) is 1.18. The molecule has 0 aromatic heterocycles. The summed E-state index contributed by atoms with van der Waals surface area (Å²) in [5, 5.41) is 0. The van der Waals surface area contributed by atoms with Gasteiger partial charge >= 0.3 is 0 Å². The van der Waals surface area contributed by atoms with Crippen LogP contribution in [0.1, 0.15) is 15.9 Å². The molecule has 2 N–H and O–H groups in total. The molecule has 0 heterocycles. The zero-order chi connectivity index (χ0) is 10.0. The lowest BCUT2D eigenvalue weighted by molar-refractivity contribution is 0.0997. The minimum atomic E-state index is -0.485. The average Bonchev–Trinajstić information content (AvgIpc) is 2.02. The Morgan fingerprint density at radius 2 is 2.15 bits per heavy atom. The highest BCUT2D eigenvalue weighted by atomic mass is 79.9. The number of aryl methyl sites for hydroxylation is 1. The number of carbonyl (C=O) groups excluding carboxylic acids is 1. The Labute approximate surface area is 85.0 Å². The molecule has 3 nitrogen and oxygen atoms in total. The fourth-order valence-corrected chi connectivity index (χ4v) is 1.76. The van der Waals surface area contributed by atoms with E-state index in [9.17, 15) is 4.79 Å². The van der Waals surface area contributed by atoms with E-state index < -0.39 is 5.91 Å². The molecule has 0 unspecified atom stereocenters. The van der Waals surface area contributed by atoms with Gasteiger partial charge in [-0.3, -0.25) is 4.79 Å². The molecule has 1 aromatic carbocycles. The summed E-state index contributed by atoms with van der Waals surface area (Å²) in [6, 6.07) is 3.51. The van der Waals surface area contributed by atoms with Gasteiger partial charge in [-0.2, -0.15) is 0 Å². The van der Waals surface area contributed by atoms with E-state index in [2.05, 4.69) is 15.9 Å². The molecule has 70 valence electrons. The van der Waals surface area contributed by atoms with Crippen molar-refractivity contribution in [2.75, 3.05) is 7.11 Å². The van der Waals surface area contributed by atoms with Crippen LogP contribution in [0, 0.1) is 6.92 Å². The van der Waals surface area contributed by atoms with Crippen molar-refractivity contribution in [2.24, 2.45) is 5.73 Å². The van der Waals surface area contributed by atoms with E-state index in [1.54, 1.807) is 6.07 Å². The highest BCUT2D eigenvalue weighted by molar-refractivity contribution is 9.10. The van der Waals surface area contributed by atoms with E-state index in [1.807, 2.05) is 13.0 Å². The van der Waals surface area contributed by atoms with Gasteiger partial charge in [-0.25, -0.2) is 0 Å². The van der Waals surface area contributed by atoms with Gasteiger partial charge in [0.15, 0.2) is 0 Å². The van der Waals surface area contributed by atoms with Crippen LogP contribution < -0.4 is 10.5 Å². The van der Waals surface area contributed by atoms with Crippen LogP contribution in [0.15, 0.2) is 16.6 Å². The molecule has 4 heteroatoms. The quantitative estimate of drug-likeness (QED) is 0.863. The second-order valence-corrected chi connectivity index (χ2v) is 3.58. The number of halogens is 1. The zero-order valence-electron chi connectivity index (χ0n) is 7.43. The lowest BCUT2D eigenvalue weighted by Gasteiger charge is -2.09. The molecule has 0 aliphatic carbocycles. The first-order valence-corrected chi connectivity index (χ1v) is 4.49. The summed E-state index contributed by atoms with van der Waals surface area (Å²) < 4.78 is 5.89. The van der Waals surface area contributed by atoms with Crippen LogP contribution in [-0.4, -0.2) is 13.0 Å². The van der Waals surface area contributed by atoms with Gasteiger partial charge in [0.1, 0.15) is 5.75 Å². The van der Waals surface area contributed by atoms with Crippen LogP contribution in [-0.2, 0) is 0 Å². The first kappa shape index (κ1) is 10.1. The average molecular weight is 244 g/mol. The van der Waals surface area contributed by atoms with Gasteiger partial charge in [0.25, 0.3) is 5.91 Å². The van der Waals surface area contributed by atoms with E-state index in [4.69, 9.17) is 10.5 Å². The lowest BCUT2D eigenvalue weighted by Crippen LogP contribution is -2.13. The number of ether oxygens (including phenoxy) is 1. The normalized spacial score (nSPS) is 9.77. The molecular weight excluding hydrogens is 234 g/mol. The van der Waals surface area contributed by atoms with E-state index in [0.717, 1.165) is 10.0 Å². The van der Waals surface area contributed by atoms with Crippen molar-refractivity contribution >= 4 is 21.8 Å². The van der Waals surface area contributed by atoms with Crippen LogP contribution >= 0.6 is 15.9 Å². The Kier molecular flexibility index (Phi) is 2.93. The molecule has 0 bridgehead atoms. The number of rotatable bonds is 2. The molecule has 0 fully saturated rings. The number of carbonyl (C=O) groups is 1. The Bertz CT molecular complexity index is 350. The molecule has 0 saturated heterocycles. The van der Waals surface area contributed by atoms with Crippen LogP contribution in [0.2, 0.25) is 0 Å². The minimum absolute atomic E-state index is 0.398. The molecule has 1 aromatic rings. The number of primary amides is 1. The Balaban J connectivity index is 3.38. The molecule has 1 rings (SSSR count). The van der Waals surface area contributed by atoms with Crippen LogP contribution in [0.25, 0.3) is 0 Å². The summed E-state index contributed by atoms with van der Waals surface area (Å²) in [5.74, 6) is 0.0527. The summed E-state index contributed by atoms with van der Waals surface area (Å²) in [5.41, 5.74) is 6.47. The predicted octanol–water partition coefficient (Wildman–Crippen LogP) is 1.87. The molecule has 0 aliphatic rings. The zero-order valence-corrected chi connectivity index (χ0v) is 9.01. The Morgan fingerprint density at radius 3 is 2.62 bits per heavy atom. The summed E-state index contributed by atoms with van der Waals surface area (Å²) in [6.45, 7) is 1.86. The van der Waals surface area contributed by atoms with E-state index >= 15 is 0 Å². The highest BCUT2D eigenvalue weighted by Gasteiger charge is 2.11. The van der Waals surface area contributed by atoms with Crippen molar-refractivity contribution in [3.63, 3.8) is 0 Å². The number of hydrogen-bond donors (Lipinski definition) is 1. The van der Waals surface area contributed by atoms with E-state index in [1.165, 1.54) is 7.11 Å². The number of methoxy groups -OCH3 is 1. The number of amides is 1. The molecule has 0 radical (unpaired) electrons. The van der Waals surface area contributed by atoms with Gasteiger partial charge in [0, 0.05) is 4.47 Å². The van der Waals surface area contributed by atoms with Gasteiger partial charge < -0.3 is 10.5 Å².